The third-order valence-corrected chi connectivity index (χ3v) is 8.16. The van der Waals surface area contributed by atoms with Crippen LogP contribution in [0.2, 0.25) is 0 Å². The maximum atomic E-state index is 12.9. The van der Waals surface area contributed by atoms with E-state index in [4.69, 9.17) is 4.74 Å². The Bertz CT molecular complexity index is 1240. The van der Waals surface area contributed by atoms with Crippen LogP contribution in [0.1, 0.15) is 58.3 Å². The molecule has 3 aliphatic rings. The number of hydrogen-bond donors (Lipinski definition) is 2. The monoisotopic (exact) mass is 531 g/mol. The van der Waals surface area contributed by atoms with Crippen LogP contribution in [0.4, 0.5) is 0 Å². The van der Waals surface area contributed by atoms with Gasteiger partial charge in [0.1, 0.15) is 0 Å². The van der Waals surface area contributed by atoms with Gasteiger partial charge in [0.25, 0.3) is 0 Å². The molecule has 0 saturated carbocycles. The molecule has 8 heteroatoms. The van der Waals surface area contributed by atoms with Crippen molar-refractivity contribution in [3.8, 4) is 0 Å². The first-order valence-electron chi connectivity index (χ1n) is 14.1. The summed E-state index contributed by atoms with van der Waals surface area (Å²) in [5.74, 6) is -0.665. The highest BCUT2D eigenvalue weighted by Gasteiger charge is 2.33. The van der Waals surface area contributed by atoms with Crippen molar-refractivity contribution in [3.63, 3.8) is 0 Å². The Morgan fingerprint density at radius 1 is 0.974 bits per heavy atom. The number of piperidine rings is 1. The van der Waals surface area contributed by atoms with Crippen LogP contribution in [0.15, 0.2) is 42.5 Å². The predicted molar refractivity (Wildman–Crippen MR) is 146 cm³/mol. The van der Waals surface area contributed by atoms with Gasteiger partial charge in [-0.3, -0.25) is 29.4 Å². The van der Waals surface area contributed by atoms with Crippen LogP contribution in [0, 0.1) is 11.8 Å². The van der Waals surface area contributed by atoms with E-state index in [0.717, 1.165) is 61.5 Å². The fraction of sp³-hybridized carbons (Fsp3) is 0.484. The van der Waals surface area contributed by atoms with Gasteiger partial charge in [-0.15, -0.1) is 0 Å². The molecule has 0 spiro atoms. The number of fused-ring (bicyclic) bond motifs is 1. The molecule has 2 fully saturated rings. The van der Waals surface area contributed by atoms with Crippen LogP contribution < -0.4 is 10.6 Å². The molecule has 0 aromatic heterocycles. The lowest BCUT2D eigenvalue weighted by Gasteiger charge is -2.26. The van der Waals surface area contributed by atoms with Gasteiger partial charge in [-0.25, -0.2) is 0 Å². The Hall–Kier alpha value is -3.36. The van der Waals surface area contributed by atoms with E-state index in [1.54, 1.807) is 0 Å². The van der Waals surface area contributed by atoms with Gasteiger partial charge in [0.2, 0.25) is 17.7 Å². The molecule has 0 radical (unpaired) electrons. The molecule has 5 rings (SSSR count). The number of nitrogens with zero attached hydrogens (tertiary/aromatic N) is 1. The van der Waals surface area contributed by atoms with Crippen LogP contribution in [0.5, 0.6) is 0 Å². The summed E-state index contributed by atoms with van der Waals surface area (Å²) in [5, 5.41) is 5.42. The Kier molecular flexibility index (Phi) is 8.84. The molecule has 206 valence electrons. The summed E-state index contributed by atoms with van der Waals surface area (Å²) < 4.78 is 5.42. The van der Waals surface area contributed by atoms with E-state index >= 15 is 0 Å². The quantitative estimate of drug-likeness (QED) is 0.457. The van der Waals surface area contributed by atoms with Crippen LogP contribution in [0.3, 0.4) is 0 Å². The van der Waals surface area contributed by atoms with Gasteiger partial charge in [0, 0.05) is 50.0 Å². The summed E-state index contributed by atoms with van der Waals surface area (Å²) in [7, 11) is 0. The number of ether oxygens (including phenoxy) is 1. The summed E-state index contributed by atoms with van der Waals surface area (Å²) in [4.78, 5) is 51.4. The average Bonchev–Trinajstić information content (AvgIpc) is 3.25. The topological polar surface area (TPSA) is 105 Å². The van der Waals surface area contributed by atoms with Crippen LogP contribution in [0.25, 0.3) is 0 Å². The minimum absolute atomic E-state index is 0.0287. The Morgan fingerprint density at radius 2 is 1.77 bits per heavy atom. The molecular formula is C31H37N3O5. The number of hydrogen-bond acceptors (Lipinski definition) is 6. The summed E-state index contributed by atoms with van der Waals surface area (Å²) in [6.45, 7) is 4.96. The lowest BCUT2D eigenvalue weighted by molar-refractivity contribution is -0.136. The first-order chi connectivity index (χ1) is 18.9. The number of carbonyl (C=O) groups is 4. The van der Waals surface area contributed by atoms with Crippen molar-refractivity contribution in [3.05, 3.63) is 70.3 Å². The zero-order chi connectivity index (χ0) is 27.2. The highest BCUT2D eigenvalue weighted by Crippen LogP contribution is 2.32. The summed E-state index contributed by atoms with van der Waals surface area (Å²) in [6, 6.07) is 14.0. The summed E-state index contributed by atoms with van der Waals surface area (Å²) >= 11 is 0. The number of benzene rings is 2. The second-order valence-corrected chi connectivity index (χ2v) is 11.0. The van der Waals surface area contributed by atoms with Crippen molar-refractivity contribution >= 4 is 23.5 Å². The molecule has 2 atom stereocenters. The fourth-order valence-corrected chi connectivity index (χ4v) is 5.85. The van der Waals surface area contributed by atoms with E-state index in [2.05, 4.69) is 27.7 Å². The van der Waals surface area contributed by atoms with Gasteiger partial charge in [-0.1, -0.05) is 42.5 Å². The second kappa shape index (κ2) is 12.7. The van der Waals surface area contributed by atoms with Crippen LogP contribution >= 0.6 is 0 Å². The Morgan fingerprint density at radius 3 is 2.59 bits per heavy atom. The Balaban J connectivity index is 1.08. The van der Waals surface area contributed by atoms with Gasteiger partial charge in [0.05, 0.1) is 19.6 Å². The maximum Gasteiger partial charge on any atom is 0.229 e. The standard InChI is InChI=1S/C31H37N3O5/c35-28-9-7-24(31(38)33-28)5-6-25-19-26-17-23(4-8-27(26)30(25)37)20-32-29(36)18-22-3-1-2-21(16-22)10-11-34-12-14-39-15-13-34/h1-4,8,16-17,24-25H,5-7,9-15,18-20H2,(H,32,36)(H,33,35,38). The van der Waals surface area contributed by atoms with E-state index in [0.29, 0.717) is 45.1 Å². The van der Waals surface area contributed by atoms with Gasteiger partial charge in [-0.2, -0.15) is 0 Å². The first-order valence-corrected chi connectivity index (χ1v) is 14.1. The largest absolute Gasteiger partial charge is 0.379 e. The maximum absolute atomic E-state index is 12.9. The first kappa shape index (κ1) is 27.2. The summed E-state index contributed by atoms with van der Waals surface area (Å²) in [6.07, 6.45) is 4.11. The third kappa shape index (κ3) is 7.19. The molecule has 2 aromatic rings. The van der Waals surface area contributed by atoms with Crippen molar-refractivity contribution in [2.75, 3.05) is 32.8 Å². The van der Waals surface area contributed by atoms with Crippen molar-refractivity contribution < 1.29 is 23.9 Å². The number of carbonyl (C=O) groups excluding carboxylic acids is 4. The highest BCUT2D eigenvalue weighted by atomic mass is 16.5. The smallest absolute Gasteiger partial charge is 0.229 e. The van der Waals surface area contributed by atoms with E-state index in [-0.39, 0.29) is 35.3 Å². The predicted octanol–water partition coefficient (Wildman–Crippen LogP) is 2.61. The number of amides is 3. The van der Waals surface area contributed by atoms with Gasteiger partial charge >= 0.3 is 0 Å². The molecular weight excluding hydrogens is 494 g/mol. The van der Waals surface area contributed by atoms with Gasteiger partial charge in [0.15, 0.2) is 5.78 Å². The fourth-order valence-electron chi connectivity index (χ4n) is 5.85. The van der Waals surface area contributed by atoms with E-state index in [1.807, 2.05) is 30.3 Å². The molecule has 2 aromatic carbocycles. The molecule has 2 N–H and O–H groups in total. The minimum Gasteiger partial charge on any atom is -0.379 e. The van der Waals surface area contributed by atoms with E-state index in [9.17, 15) is 19.2 Å². The van der Waals surface area contributed by atoms with Crippen molar-refractivity contribution in [1.82, 2.24) is 15.5 Å². The zero-order valence-corrected chi connectivity index (χ0v) is 22.4. The normalized spacial score (nSPS) is 21.5. The minimum atomic E-state index is -0.216. The highest BCUT2D eigenvalue weighted by molar-refractivity contribution is 6.02. The van der Waals surface area contributed by atoms with Gasteiger partial charge < -0.3 is 10.1 Å². The van der Waals surface area contributed by atoms with E-state index < -0.39 is 0 Å². The van der Waals surface area contributed by atoms with Crippen LogP contribution in [-0.4, -0.2) is 61.3 Å². The van der Waals surface area contributed by atoms with Crippen molar-refractivity contribution in [2.45, 2.75) is 51.5 Å². The molecule has 2 heterocycles. The molecule has 2 unspecified atom stereocenters. The Labute approximate surface area is 229 Å². The number of rotatable bonds is 10. The molecule has 1 aliphatic carbocycles. The average molecular weight is 532 g/mol. The number of Topliss-reactive ketones (excluding diaryl/α,β-unsaturated/α-hetero) is 1. The van der Waals surface area contributed by atoms with Crippen LogP contribution in [-0.2, 0) is 44.9 Å². The summed E-state index contributed by atoms with van der Waals surface area (Å²) in [5.41, 5.74) is 4.97. The third-order valence-electron chi connectivity index (χ3n) is 8.16. The molecule has 2 aliphatic heterocycles. The molecule has 2 saturated heterocycles. The zero-order valence-electron chi connectivity index (χ0n) is 22.4. The lowest BCUT2D eigenvalue weighted by Crippen LogP contribution is -2.40. The molecule has 39 heavy (non-hydrogen) atoms. The van der Waals surface area contributed by atoms with Gasteiger partial charge in [-0.05, 0) is 54.4 Å². The molecule has 3 amide bonds. The number of nitrogens with one attached hydrogen (secondary N) is 2. The number of morpholine rings is 1. The molecule has 8 nitrogen and oxygen atoms in total. The second-order valence-electron chi connectivity index (χ2n) is 11.0. The molecule has 0 bridgehead atoms. The SMILES string of the molecule is O=C(Cc1cccc(CCN2CCOCC2)c1)NCc1ccc2c(c1)CC(CCC1CCC(=O)NC1=O)C2=O. The lowest BCUT2D eigenvalue weighted by atomic mass is 9.88. The van der Waals surface area contributed by atoms with Crippen molar-refractivity contribution in [1.29, 1.82) is 0 Å². The number of imide groups is 1. The number of ketones is 1. The van der Waals surface area contributed by atoms with Crippen molar-refractivity contribution in [2.24, 2.45) is 11.8 Å². The van der Waals surface area contributed by atoms with E-state index in [1.165, 1.54) is 5.56 Å².